The number of nitrogens with two attached hydrogens (primary N) is 1. The van der Waals surface area contributed by atoms with Crippen molar-refractivity contribution >= 4 is 23.6 Å². The van der Waals surface area contributed by atoms with Crippen LogP contribution in [-0.4, -0.2) is 11.0 Å². The lowest BCUT2D eigenvalue weighted by Gasteiger charge is -1.98. The summed E-state index contributed by atoms with van der Waals surface area (Å²) >= 11 is 5.64. The first kappa shape index (κ1) is 11.1. The number of nitrogens with zero attached hydrogens (tertiary/aromatic N) is 1. The van der Waals surface area contributed by atoms with E-state index in [1.54, 1.807) is 6.07 Å². The Bertz CT molecular complexity index is 475. The fourth-order valence-corrected chi connectivity index (χ4v) is 1.13. The lowest BCUT2D eigenvalue weighted by molar-refractivity contribution is -0.114. The van der Waals surface area contributed by atoms with Gasteiger partial charge in [-0.15, -0.1) is 0 Å². The van der Waals surface area contributed by atoms with Gasteiger partial charge in [-0.25, -0.2) is 0 Å². The zero-order valence-electron chi connectivity index (χ0n) is 7.57. The van der Waals surface area contributed by atoms with E-state index < -0.39 is 5.91 Å². The Labute approximate surface area is 91.2 Å². The van der Waals surface area contributed by atoms with Crippen LogP contribution in [0.3, 0.4) is 0 Å². The molecule has 1 aromatic carbocycles. The first-order valence-electron chi connectivity index (χ1n) is 3.94. The van der Waals surface area contributed by atoms with E-state index in [9.17, 15) is 4.79 Å². The molecule has 5 heteroatoms. The van der Waals surface area contributed by atoms with Crippen molar-refractivity contribution in [1.29, 1.82) is 5.26 Å². The predicted molar refractivity (Wildman–Crippen MR) is 55.9 cm³/mol. The second-order valence-electron chi connectivity index (χ2n) is 2.74. The number of amides is 1. The van der Waals surface area contributed by atoms with E-state index in [1.165, 1.54) is 24.3 Å². The number of rotatable bonds is 2. The van der Waals surface area contributed by atoms with Gasteiger partial charge in [-0.2, -0.15) is 5.26 Å². The molecule has 0 aliphatic rings. The van der Waals surface area contributed by atoms with Gasteiger partial charge in [0.2, 0.25) is 0 Å². The molecule has 0 aliphatic heterocycles. The summed E-state index contributed by atoms with van der Waals surface area (Å²) in [5.41, 5.74) is 5.30. The molecule has 3 N–H and O–H groups in total. The van der Waals surface area contributed by atoms with Gasteiger partial charge in [0.05, 0.1) is 5.02 Å². The van der Waals surface area contributed by atoms with Crippen molar-refractivity contribution in [2.75, 3.05) is 0 Å². The van der Waals surface area contributed by atoms with Crippen LogP contribution in [-0.2, 0) is 4.79 Å². The molecule has 0 fully saturated rings. The minimum Gasteiger partial charge on any atom is -0.506 e. The average Bonchev–Trinajstić information content (AvgIpc) is 2.19. The topological polar surface area (TPSA) is 87.1 Å². The zero-order valence-corrected chi connectivity index (χ0v) is 8.32. The lowest BCUT2D eigenvalue weighted by atomic mass is 10.1. The molecule has 1 amide bonds. The smallest absolute Gasteiger partial charge is 0.259 e. The van der Waals surface area contributed by atoms with Crippen molar-refractivity contribution < 1.29 is 9.90 Å². The highest BCUT2D eigenvalue weighted by Crippen LogP contribution is 2.24. The molecule has 0 spiro atoms. The molecular weight excluding hydrogens is 216 g/mol. The van der Waals surface area contributed by atoms with Crippen LogP contribution in [0.5, 0.6) is 5.75 Å². The number of aromatic hydroxyl groups is 1. The summed E-state index contributed by atoms with van der Waals surface area (Å²) in [6.45, 7) is 0. The fraction of sp³-hybridized carbons (Fsp3) is 0. The Kier molecular flexibility index (Phi) is 3.32. The molecule has 1 rings (SSSR count). The summed E-state index contributed by atoms with van der Waals surface area (Å²) in [6.07, 6.45) is 1.30. The molecule has 1 aromatic rings. The Hall–Kier alpha value is -1.99. The number of hydrogen-bond acceptors (Lipinski definition) is 3. The molecule has 76 valence electrons. The maximum atomic E-state index is 10.7. The second kappa shape index (κ2) is 4.49. The molecule has 0 saturated heterocycles. The van der Waals surface area contributed by atoms with Gasteiger partial charge in [0.1, 0.15) is 17.4 Å². The zero-order chi connectivity index (χ0) is 11.4. The van der Waals surface area contributed by atoms with E-state index in [1.807, 2.05) is 0 Å². The van der Waals surface area contributed by atoms with E-state index in [4.69, 9.17) is 27.7 Å². The van der Waals surface area contributed by atoms with E-state index in [2.05, 4.69) is 0 Å². The van der Waals surface area contributed by atoms with Crippen LogP contribution < -0.4 is 5.73 Å². The van der Waals surface area contributed by atoms with Crippen molar-refractivity contribution in [2.24, 2.45) is 5.73 Å². The van der Waals surface area contributed by atoms with Crippen molar-refractivity contribution in [2.45, 2.75) is 0 Å². The van der Waals surface area contributed by atoms with Gasteiger partial charge < -0.3 is 10.8 Å². The van der Waals surface area contributed by atoms with E-state index >= 15 is 0 Å². The Morgan fingerprint density at radius 2 is 2.27 bits per heavy atom. The van der Waals surface area contributed by atoms with E-state index in [-0.39, 0.29) is 16.3 Å². The fourth-order valence-electron chi connectivity index (χ4n) is 0.938. The Morgan fingerprint density at radius 1 is 1.60 bits per heavy atom. The monoisotopic (exact) mass is 222 g/mol. The number of carbonyl (C=O) groups excluding carboxylic acids is 1. The molecule has 0 radical (unpaired) electrons. The van der Waals surface area contributed by atoms with Crippen molar-refractivity contribution in [3.8, 4) is 11.8 Å². The predicted octanol–water partition coefficient (Wildman–Crippen LogP) is 1.44. The third kappa shape index (κ3) is 2.73. The third-order valence-electron chi connectivity index (χ3n) is 1.67. The highest BCUT2D eigenvalue weighted by molar-refractivity contribution is 6.32. The molecule has 0 bridgehead atoms. The normalized spacial score (nSPS) is 10.8. The number of nitriles is 1. The maximum absolute atomic E-state index is 10.7. The average molecular weight is 223 g/mol. The van der Waals surface area contributed by atoms with Gasteiger partial charge in [0, 0.05) is 0 Å². The quantitative estimate of drug-likeness (QED) is 0.586. The van der Waals surface area contributed by atoms with Crippen LogP contribution in [0.1, 0.15) is 5.56 Å². The largest absolute Gasteiger partial charge is 0.506 e. The van der Waals surface area contributed by atoms with Gasteiger partial charge in [-0.3, -0.25) is 4.79 Å². The molecule has 0 atom stereocenters. The molecule has 0 saturated carbocycles. The third-order valence-corrected chi connectivity index (χ3v) is 1.97. The van der Waals surface area contributed by atoms with Crippen LogP contribution in [0, 0.1) is 11.3 Å². The van der Waals surface area contributed by atoms with Gasteiger partial charge in [-0.05, 0) is 23.8 Å². The number of hydrogen-bond donors (Lipinski definition) is 2. The summed E-state index contributed by atoms with van der Waals surface area (Å²) in [6, 6.07) is 5.97. The SMILES string of the molecule is N#CC(=Cc1ccc(O)c(Cl)c1)C(N)=O. The molecular formula is C10H7ClN2O2. The van der Waals surface area contributed by atoms with Crippen LogP contribution in [0.25, 0.3) is 6.08 Å². The molecule has 0 heterocycles. The minimum absolute atomic E-state index is 0.0635. The summed E-state index contributed by atoms with van der Waals surface area (Å²) < 4.78 is 0. The summed E-state index contributed by atoms with van der Waals surface area (Å²) in [5, 5.41) is 17.9. The Morgan fingerprint density at radius 3 is 2.73 bits per heavy atom. The summed E-state index contributed by atoms with van der Waals surface area (Å²) in [4.78, 5) is 10.7. The van der Waals surface area contributed by atoms with Crippen molar-refractivity contribution in [3.05, 3.63) is 34.4 Å². The van der Waals surface area contributed by atoms with Gasteiger partial charge >= 0.3 is 0 Å². The van der Waals surface area contributed by atoms with Gasteiger partial charge in [0.25, 0.3) is 5.91 Å². The van der Waals surface area contributed by atoms with Gasteiger partial charge in [0.15, 0.2) is 0 Å². The number of halogens is 1. The van der Waals surface area contributed by atoms with E-state index in [0.717, 1.165) is 0 Å². The first-order chi connectivity index (χ1) is 7.04. The van der Waals surface area contributed by atoms with Crippen LogP contribution in [0.2, 0.25) is 5.02 Å². The highest BCUT2D eigenvalue weighted by atomic mass is 35.5. The van der Waals surface area contributed by atoms with Crippen molar-refractivity contribution in [1.82, 2.24) is 0 Å². The van der Waals surface area contributed by atoms with Crippen LogP contribution >= 0.6 is 11.6 Å². The molecule has 15 heavy (non-hydrogen) atoms. The Balaban J connectivity index is 3.14. The number of carbonyl (C=O) groups is 1. The van der Waals surface area contributed by atoms with Crippen molar-refractivity contribution in [3.63, 3.8) is 0 Å². The number of phenols is 1. The molecule has 0 aliphatic carbocycles. The molecule has 0 unspecified atom stereocenters. The number of benzene rings is 1. The van der Waals surface area contributed by atoms with E-state index in [0.29, 0.717) is 5.56 Å². The molecule has 0 aromatic heterocycles. The van der Waals surface area contributed by atoms with Crippen LogP contribution in [0.15, 0.2) is 23.8 Å². The number of phenolic OH excluding ortho intramolecular Hbond substituents is 1. The maximum Gasteiger partial charge on any atom is 0.259 e. The highest BCUT2D eigenvalue weighted by Gasteiger charge is 2.04. The molecule has 4 nitrogen and oxygen atoms in total. The second-order valence-corrected chi connectivity index (χ2v) is 3.15. The van der Waals surface area contributed by atoms with Crippen LogP contribution in [0.4, 0.5) is 0 Å². The standard InChI is InChI=1S/C10H7ClN2O2/c11-8-4-6(1-2-9(8)14)3-7(5-12)10(13)15/h1-4,14H,(H2,13,15). The first-order valence-corrected chi connectivity index (χ1v) is 4.32. The number of primary amides is 1. The minimum atomic E-state index is -0.804. The lowest BCUT2D eigenvalue weighted by Crippen LogP contribution is -2.12. The summed E-state index contributed by atoms with van der Waals surface area (Å²) in [5.74, 6) is -0.868. The van der Waals surface area contributed by atoms with Gasteiger partial charge in [-0.1, -0.05) is 17.7 Å². The summed E-state index contributed by atoms with van der Waals surface area (Å²) in [7, 11) is 0.